The molecule has 0 aromatic carbocycles. The van der Waals surface area contributed by atoms with Crippen LogP contribution in [0.25, 0.3) is 0 Å². The summed E-state index contributed by atoms with van der Waals surface area (Å²) in [5, 5.41) is 0. The van der Waals surface area contributed by atoms with E-state index in [0.29, 0.717) is 12.4 Å². The van der Waals surface area contributed by atoms with Gasteiger partial charge in [-0.25, -0.2) is 0 Å². The molecule has 0 aliphatic heterocycles. The monoisotopic (exact) mass is 215 g/mol. The summed E-state index contributed by atoms with van der Waals surface area (Å²) in [6.45, 7) is 2.31. The number of hydrogen-bond donors (Lipinski definition) is 0. The number of carbonyl (C=O) groups is 1. The zero-order chi connectivity index (χ0) is 10.6. The molecule has 0 fully saturated rings. The molecule has 0 saturated carbocycles. The van der Waals surface area contributed by atoms with Crippen molar-refractivity contribution in [2.24, 2.45) is 5.92 Å². The molecule has 0 N–H and O–H groups in total. The fourth-order valence-electron chi connectivity index (χ4n) is 1.16. The molecule has 14 heavy (non-hydrogen) atoms. The van der Waals surface area contributed by atoms with E-state index in [1.165, 1.54) is 0 Å². The number of amides is 1. The Balaban J connectivity index is 2.50. The zero-order valence-corrected chi connectivity index (χ0v) is 9.12. The summed E-state index contributed by atoms with van der Waals surface area (Å²) in [6, 6.07) is 3.65. The molecule has 1 unspecified atom stereocenters. The second-order valence-electron chi connectivity index (χ2n) is 3.33. The Morgan fingerprint density at radius 1 is 1.71 bits per heavy atom. The van der Waals surface area contributed by atoms with Gasteiger partial charge in [-0.3, -0.25) is 4.79 Å². The Morgan fingerprint density at radius 2 is 2.43 bits per heavy atom. The van der Waals surface area contributed by atoms with Crippen LogP contribution in [0.1, 0.15) is 12.7 Å². The Bertz CT molecular complexity index is 284. The van der Waals surface area contributed by atoms with Crippen LogP contribution in [-0.4, -0.2) is 23.7 Å². The maximum Gasteiger partial charge on any atom is 0.226 e. The predicted molar refractivity (Wildman–Crippen MR) is 55.1 cm³/mol. The molecular weight excluding hydrogens is 202 g/mol. The van der Waals surface area contributed by atoms with Crippen molar-refractivity contribution < 1.29 is 9.21 Å². The van der Waals surface area contributed by atoms with E-state index in [1.54, 1.807) is 24.3 Å². The molecule has 78 valence electrons. The van der Waals surface area contributed by atoms with E-state index >= 15 is 0 Å². The Kier molecular flexibility index (Phi) is 4.01. The van der Waals surface area contributed by atoms with Crippen LogP contribution in [0.3, 0.4) is 0 Å². The highest BCUT2D eigenvalue weighted by molar-refractivity contribution is 6.19. The number of hydrogen-bond acceptors (Lipinski definition) is 2. The molecule has 0 aliphatic rings. The predicted octanol–water partition coefficient (Wildman–Crippen LogP) is 2.11. The van der Waals surface area contributed by atoms with E-state index in [1.807, 2.05) is 13.0 Å². The lowest BCUT2D eigenvalue weighted by Crippen LogP contribution is -2.31. The molecule has 0 aliphatic carbocycles. The minimum absolute atomic E-state index is 0.0383. The molecule has 1 rings (SSSR count). The van der Waals surface area contributed by atoms with Crippen molar-refractivity contribution >= 4 is 17.5 Å². The first-order chi connectivity index (χ1) is 6.65. The highest BCUT2D eigenvalue weighted by Gasteiger charge is 2.16. The Labute approximate surface area is 88.6 Å². The van der Waals surface area contributed by atoms with E-state index in [-0.39, 0.29) is 11.8 Å². The molecule has 1 heterocycles. The fourth-order valence-corrected chi connectivity index (χ4v) is 1.29. The largest absolute Gasteiger partial charge is 0.467 e. The van der Waals surface area contributed by atoms with Gasteiger partial charge in [0, 0.05) is 18.8 Å². The molecular formula is C10H14ClNO2. The molecule has 0 saturated heterocycles. The number of halogens is 1. The summed E-state index contributed by atoms with van der Waals surface area (Å²) in [5.41, 5.74) is 0. The number of furan rings is 1. The van der Waals surface area contributed by atoms with E-state index in [2.05, 4.69) is 0 Å². The second-order valence-corrected chi connectivity index (χ2v) is 3.64. The van der Waals surface area contributed by atoms with Crippen LogP contribution < -0.4 is 0 Å². The molecule has 1 aromatic heterocycles. The van der Waals surface area contributed by atoms with Crippen LogP contribution in [0.4, 0.5) is 0 Å². The third-order valence-corrected chi connectivity index (χ3v) is 2.47. The first-order valence-electron chi connectivity index (χ1n) is 4.48. The van der Waals surface area contributed by atoms with Crippen molar-refractivity contribution in [1.82, 2.24) is 4.90 Å². The normalized spacial score (nSPS) is 12.5. The van der Waals surface area contributed by atoms with E-state index in [0.717, 1.165) is 5.76 Å². The van der Waals surface area contributed by atoms with Gasteiger partial charge < -0.3 is 9.32 Å². The van der Waals surface area contributed by atoms with Gasteiger partial charge in [-0.1, -0.05) is 6.92 Å². The minimum atomic E-state index is -0.142. The van der Waals surface area contributed by atoms with Crippen molar-refractivity contribution in [3.63, 3.8) is 0 Å². The van der Waals surface area contributed by atoms with Gasteiger partial charge >= 0.3 is 0 Å². The van der Waals surface area contributed by atoms with Crippen LogP contribution in [0.15, 0.2) is 22.8 Å². The zero-order valence-electron chi connectivity index (χ0n) is 8.37. The van der Waals surface area contributed by atoms with E-state index in [9.17, 15) is 4.79 Å². The summed E-state index contributed by atoms with van der Waals surface area (Å²) >= 11 is 5.60. The maximum absolute atomic E-state index is 11.6. The van der Waals surface area contributed by atoms with Gasteiger partial charge in [0.1, 0.15) is 5.76 Å². The maximum atomic E-state index is 11.6. The number of carbonyl (C=O) groups excluding carboxylic acids is 1. The van der Waals surface area contributed by atoms with E-state index < -0.39 is 0 Å². The van der Waals surface area contributed by atoms with Gasteiger partial charge in [0.25, 0.3) is 0 Å². The quantitative estimate of drug-likeness (QED) is 0.721. The molecule has 1 atom stereocenters. The second kappa shape index (κ2) is 5.05. The van der Waals surface area contributed by atoms with Crippen LogP contribution in [0, 0.1) is 5.92 Å². The van der Waals surface area contributed by atoms with Gasteiger partial charge in [-0.05, 0) is 12.1 Å². The Hall–Kier alpha value is -0.960. The third kappa shape index (κ3) is 2.77. The highest BCUT2D eigenvalue weighted by atomic mass is 35.5. The molecule has 3 nitrogen and oxygen atoms in total. The fraction of sp³-hybridized carbons (Fsp3) is 0.500. The standard InChI is InChI=1S/C10H14ClNO2/c1-8(6-11)10(13)12(2)7-9-4-3-5-14-9/h3-5,8H,6-7H2,1-2H3. The summed E-state index contributed by atoms with van der Waals surface area (Å²) in [5.74, 6) is 1.03. The lowest BCUT2D eigenvalue weighted by Gasteiger charge is -2.18. The number of rotatable bonds is 4. The minimum Gasteiger partial charge on any atom is -0.467 e. The van der Waals surface area contributed by atoms with Crippen molar-refractivity contribution in [3.8, 4) is 0 Å². The SMILES string of the molecule is CC(CCl)C(=O)N(C)Cc1ccco1. The van der Waals surface area contributed by atoms with Crippen LogP contribution in [-0.2, 0) is 11.3 Å². The topological polar surface area (TPSA) is 33.5 Å². The van der Waals surface area contributed by atoms with Crippen molar-refractivity contribution in [2.75, 3.05) is 12.9 Å². The summed E-state index contributed by atoms with van der Waals surface area (Å²) in [6.07, 6.45) is 1.60. The molecule has 1 aromatic rings. The smallest absolute Gasteiger partial charge is 0.226 e. The van der Waals surface area contributed by atoms with Gasteiger partial charge in [0.15, 0.2) is 0 Å². The lowest BCUT2D eigenvalue weighted by molar-refractivity contribution is -0.133. The van der Waals surface area contributed by atoms with Gasteiger partial charge in [0.2, 0.25) is 5.91 Å². The molecule has 0 spiro atoms. The lowest BCUT2D eigenvalue weighted by atomic mass is 10.2. The van der Waals surface area contributed by atoms with Crippen LogP contribution >= 0.6 is 11.6 Å². The van der Waals surface area contributed by atoms with Gasteiger partial charge in [-0.15, -0.1) is 11.6 Å². The molecule has 0 radical (unpaired) electrons. The molecule has 0 bridgehead atoms. The van der Waals surface area contributed by atoms with Crippen molar-refractivity contribution in [2.45, 2.75) is 13.5 Å². The summed E-state index contributed by atoms with van der Waals surface area (Å²) in [7, 11) is 1.74. The average Bonchev–Trinajstić information content (AvgIpc) is 2.68. The average molecular weight is 216 g/mol. The van der Waals surface area contributed by atoms with E-state index in [4.69, 9.17) is 16.0 Å². The molecule has 1 amide bonds. The summed E-state index contributed by atoms with van der Waals surface area (Å²) in [4.78, 5) is 13.2. The summed E-state index contributed by atoms with van der Waals surface area (Å²) < 4.78 is 5.14. The van der Waals surface area contributed by atoms with Crippen molar-refractivity contribution in [3.05, 3.63) is 24.2 Å². The first kappa shape index (κ1) is 11.1. The number of alkyl halides is 1. The molecule has 4 heteroatoms. The van der Waals surface area contributed by atoms with Crippen molar-refractivity contribution in [1.29, 1.82) is 0 Å². The highest BCUT2D eigenvalue weighted by Crippen LogP contribution is 2.08. The third-order valence-electron chi connectivity index (χ3n) is 2.00. The Morgan fingerprint density at radius 3 is 2.93 bits per heavy atom. The van der Waals surface area contributed by atoms with Gasteiger partial charge in [0.05, 0.1) is 12.8 Å². The van der Waals surface area contributed by atoms with Gasteiger partial charge in [-0.2, -0.15) is 0 Å². The first-order valence-corrected chi connectivity index (χ1v) is 5.02. The number of nitrogens with zero attached hydrogens (tertiary/aromatic N) is 1. The van der Waals surface area contributed by atoms with Crippen LogP contribution in [0.2, 0.25) is 0 Å². The van der Waals surface area contributed by atoms with Crippen LogP contribution in [0.5, 0.6) is 0 Å².